The zero-order chi connectivity index (χ0) is 12.3. The molecule has 1 aromatic rings. The molecule has 16 heavy (non-hydrogen) atoms. The van der Waals surface area contributed by atoms with Crippen molar-refractivity contribution in [1.82, 2.24) is 0 Å². The predicted molar refractivity (Wildman–Crippen MR) is 64.2 cm³/mol. The molecule has 0 aliphatic rings. The van der Waals surface area contributed by atoms with Crippen molar-refractivity contribution in [1.29, 1.82) is 0 Å². The van der Waals surface area contributed by atoms with Crippen LogP contribution < -0.4 is 5.73 Å². The summed E-state index contributed by atoms with van der Waals surface area (Å²) in [7, 11) is 0. The van der Waals surface area contributed by atoms with Crippen molar-refractivity contribution < 1.29 is 9.53 Å². The zero-order valence-electron chi connectivity index (χ0n) is 10.3. The highest BCUT2D eigenvalue weighted by Crippen LogP contribution is 2.15. The number of carbonyl (C=O) groups is 1. The normalized spacial score (nSPS) is 11.3. The van der Waals surface area contributed by atoms with Gasteiger partial charge in [-0.1, -0.05) is 6.07 Å². The van der Waals surface area contributed by atoms with Gasteiger partial charge in [-0.05, 0) is 51.0 Å². The number of carbonyl (C=O) groups excluding carboxylic acids is 1. The van der Waals surface area contributed by atoms with Crippen LogP contribution in [0.1, 0.15) is 42.3 Å². The Morgan fingerprint density at radius 2 is 2.00 bits per heavy atom. The van der Waals surface area contributed by atoms with Gasteiger partial charge in [0.2, 0.25) is 0 Å². The Balaban J connectivity index is 2.89. The van der Waals surface area contributed by atoms with Crippen LogP contribution in [-0.4, -0.2) is 11.6 Å². The predicted octanol–water partition coefficient (Wildman–Crippen LogP) is 2.41. The van der Waals surface area contributed by atoms with Crippen LogP contribution in [0.4, 0.5) is 0 Å². The van der Waals surface area contributed by atoms with Crippen molar-refractivity contribution in [2.45, 2.75) is 39.8 Å². The number of benzene rings is 1. The summed E-state index contributed by atoms with van der Waals surface area (Å²) in [5.74, 6) is -0.292. The van der Waals surface area contributed by atoms with E-state index in [-0.39, 0.29) is 5.97 Å². The summed E-state index contributed by atoms with van der Waals surface area (Å²) >= 11 is 0. The van der Waals surface area contributed by atoms with E-state index in [2.05, 4.69) is 0 Å². The topological polar surface area (TPSA) is 52.3 Å². The second-order valence-electron chi connectivity index (χ2n) is 4.85. The monoisotopic (exact) mass is 221 g/mol. The lowest BCUT2D eigenvalue weighted by atomic mass is 10.1. The van der Waals surface area contributed by atoms with E-state index in [0.29, 0.717) is 12.1 Å². The van der Waals surface area contributed by atoms with Gasteiger partial charge >= 0.3 is 5.97 Å². The van der Waals surface area contributed by atoms with E-state index in [0.717, 1.165) is 11.1 Å². The molecule has 0 aromatic heterocycles. The van der Waals surface area contributed by atoms with E-state index in [1.165, 1.54) is 0 Å². The summed E-state index contributed by atoms with van der Waals surface area (Å²) in [6.07, 6.45) is 0. The molecule has 1 rings (SSSR count). The SMILES string of the molecule is Cc1cc(C(=O)OC(C)(C)C)ccc1CN. The molecule has 3 heteroatoms. The molecule has 0 heterocycles. The van der Waals surface area contributed by atoms with Crippen molar-refractivity contribution in [2.75, 3.05) is 0 Å². The van der Waals surface area contributed by atoms with Crippen LogP contribution in [0.25, 0.3) is 0 Å². The molecular formula is C13H19NO2. The minimum absolute atomic E-state index is 0.292. The molecule has 0 aliphatic carbocycles. The van der Waals surface area contributed by atoms with Crippen LogP contribution in [0.2, 0.25) is 0 Å². The molecule has 0 spiro atoms. The van der Waals surface area contributed by atoms with Crippen LogP contribution in [0.3, 0.4) is 0 Å². The summed E-state index contributed by atoms with van der Waals surface area (Å²) < 4.78 is 5.28. The second kappa shape index (κ2) is 4.66. The number of hydrogen-bond acceptors (Lipinski definition) is 3. The average Bonchev–Trinajstić information content (AvgIpc) is 2.15. The van der Waals surface area contributed by atoms with Crippen LogP contribution in [0, 0.1) is 6.92 Å². The van der Waals surface area contributed by atoms with Gasteiger partial charge in [-0.2, -0.15) is 0 Å². The van der Waals surface area contributed by atoms with Crippen molar-refractivity contribution in [2.24, 2.45) is 5.73 Å². The fourth-order valence-electron chi connectivity index (χ4n) is 1.39. The third kappa shape index (κ3) is 3.35. The van der Waals surface area contributed by atoms with Crippen LogP contribution in [-0.2, 0) is 11.3 Å². The molecular weight excluding hydrogens is 202 g/mol. The molecule has 0 fully saturated rings. The van der Waals surface area contributed by atoms with Crippen LogP contribution in [0.15, 0.2) is 18.2 Å². The average molecular weight is 221 g/mol. The van der Waals surface area contributed by atoms with Gasteiger partial charge in [0.25, 0.3) is 0 Å². The van der Waals surface area contributed by atoms with Crippen molar-refractivity contribution in [3.63, 3.8) is 0 Å². The van der Waals surface area contributed by atoms with Crippen molar-refractivity contribution >= 4 is 5.97 Å². The number of nitrogens with two attached hydrogens (primary N) is 1. The van der Waals surface area contributed by atoms with Gasteiger partial charge in [-0.3, -0.25) is 0 Å². The molecule has 2 N–H and O–H groups in total. The first-order valence-electron chi connectivity index (χ1n) is 5.36. The van der Waals surface area contributed by atoms with Crippen molar-refractivity contribution in [3.8, 4) is 0 Å². The Bertz CT molecular complexity index is 391. The molecule has 0 saturated heterocycles. The molecule has 0 amide bonds. The van der Waals surface area contributed by atoms with Gasteiger partial charge in [0.05, 0.1) is 5.56 Å². The lowest BCUT2D eigenvalue weighted by Crippen LogP contribution is -2.24. The lowest BCUT2D eigenvalue weighted by Gasteiger charge is -2.19. The fraction of sp³-hybridized carbons (Fsp3) is 0.462. The first-order chi connectivity index (χ1) is 7.33. The summed E-state index contributed by atoms with van der Waals surface area (Å²) in [6.45, 7) is 7.99. The number of hydrogen-bond donors (Lipinski definition) is 1. The molecule has 0 unspecified atom stereocenters. The third-order valence-electron chi connectivity index (χ3n) is 2.20. The smallest absolute Gasteiger partial charge is 0.338 e. The summed E-state index contributed by atoms with van der Waals surface area (Å²) in [5.41, 5.74) is 7.74. The fourth-order valence-corrected chi connectivity index (χ4v) is 1.39. The molecule has 1 aromatic carbocycles. The molecule has 0 saturated carbocycles. The molecule has 0 atom stereocenters. The molecule has 0 bridgehead atoms. The maximum atomic E-state index is 11.8. The van der Waals surface area contributed by atoms with Gasteiger partial charge in [0, 0.05) is 6.54 Å². The van der Waals surface area contributed by atoms with E-state index < -0.39 is 5.60 Å². The van der Waals surface area contributed by atoms with Crippen LogP contribution in [0.5, 0.6) is 0 Å². The van der Waals surface area contributed by atoms with Crippen LogP contribution >= 0.6 is 0 Å². The number of rotatable bonds is 2. The maximum absolute atomic E-state index is 11.8. The molecule has 0 radical (unpaired) electrons. The minimum atomic E-state index is -0.461. The van der Waals surface area contributed by atoms with Crippen molar-refractivity contribution in [3.05, 3.63) is 34.9 Å². The van der Waals surface area contributed by atoms with Gasteiger partial charge in [0.1, 0.15) is 5.60 Å². The number of aryl methyl sites for hydroxylation is 1. The molecule has 0 aliphatic heterocycles. The Morgan fingerprint density at radius 3 is 2.44 bits per heavy atom. The van der Waals surface area contributed by atoms with E-state index >= 15 is 0 Å². The zero-order valence-corrected chi connectivity index (χ0v) is 10.3. The number of ether oxygens (including phenoxy) is 1. The first-order valence-corrected chi connectivity index (χ1v) is 5.36. The van der Waals surface area contributed by atoms with Gasteiger partial charge in [0.15, 0.2) is 0 Å². The summed E-state index contributed by atoms with van der Waals surface area (Å²) in [6, 6.07) is 5.44. The Kier molecular flexibility index (Phi) is 3.70. The highest BCUT2D eigenvalue weighted by atomic mass is 16.6. The third-order valence-corrected chi connectivity index (χ3v) is 2.20. The highest BCUT2D eigenvalue weighted by molar-refractivity contribution is 5.90. The van der Waals surface area contributed by atoms with E-state index in [4.69, 9.17) is 10.5 Å². The second-order valence-corrected chi connectivity index (χ2v) is 4.85. The minimum Gasteiger partial charge on any atom is -0.456 e. The first kappa shape index (κ1) is 12.7. The van der Waals surface area contributed by atoms with E-state index in [1.807, 2.05) is 39.8 Å². The largest absolute Gasteiger partial charge is 0.456 e. The Morgan fingerprint density at radius 1 is 1.38 bits per heavy atom. The Labute approximate surface area is 96.6 Å². The lowest BCUT2D eigenvalue weighted by molar-refractivity contribution is 0.00694. The van der Waals surface area contributed by atoms with Gasteiger partial charge in [-0.15, -0.1) is 0 Å². The van der Waals surface area contributed by atoms with E-state index in [1.54, 1.807) is 6.07 Å². The molecule has 88 valence electrons. The van der Waals surface area contributed by atoms with Gasteiger partial charge < -0.3 is 10.5 Å². The molecule has 3 nitrogen and oxygen atoms in total. The summed E-state index contributed by atoms with van der Waals surface area (Å²) in [4.78, 5) is 11.8. The maximum Gasteiger partial charge on any atom is 0.338 e. The quantitative estimate of drug-likeness (QED) is 0.780. The highest BCUT2D eigenvalue weighted by Gasteiger charge is 2.18. The number of esters is 1. The van der Waals surface area contributed by atoms with Gasteiger partial charge in [-0.25, -0.2) is 4.79 Å². The standard InChI is InChI=1S/C13H19NO2/c1-9-7-10(5-6-11(9)8-14)12(15)16-13(2,3)4/h5-7H,8,14H2,1-4H3. The van der Waals surface area contributed by atoms with E-state index in [9.17, 15) is 4.79 Å². The Hall–Kier alpha value is -1.35. The summed E-state index contributed by atoms with van der Waals surface area (Å²) in [5, 5.41) is 0.